The zero-order valence-electron chi connectivity index (χ0n) is 17.0. The van der Waals surface area contributed by atoms with E-state index in [0.29, 0.717) is 26.2 Å². The van der Waals surface area contributed by atoms with Gasteiger partial charge in [-0.2, -0.15) is 0 Å². The van der Waals surface area contributed by atoms with Gasteiger partial charge in [0, 0.05) is 25.9 Å². The third-order valence-electron chi connectivity index (χ3n) is 4.36. The van der Waals surface area contributed by atoms with E-state index in [2.05, 4.69) is 27.8 Å². The summed E-state index contributed by atoms with van der Waals surface area (Å²) < 4.78 is 7.36. The van der Waals surface area contributed by atoms with Gasteiger partial charge in [0.15, 0.2) is 5.96 Å². The Morgan fingerprint density at radius 1 is 0.933 bits per heavy atom. The summed E-state index contributed by atoms with van der Waals surface area (Å²) in [4.78, 5) is 16.0. The van der Waals surface area contributed by atoms with E-state index in [1.165, 1.54) is 0 Å². The van der Waals surface area contributed by atoms with Crippen molar-refractivity contribution in [2.24, 2.45) is 4.99 Å². The number of nitrogens with one attached hydrogen (secondary N) is 2. The van der Waals surface area contributed by atoms with E-state index >= 15 is 0 Å². The second-order valence-corrected chi connectivity index (χ2v) is 6.50. The molecule has 1 aromatic heterocycles. The van der Waals surface area contributed by atoms with Crippen LogP contribution in [0.4, 0.5) is 0 Å². The van der Waals surface area contributed by atoms with Gasteiger partial charge < -0.3 is 19.9 Å². The Hall–Kier alpha value is -2.81. The third kappa shape index (κ3) is 7.55. The fraction of sp³-hybridized carbons (Fsp3) is 0.217. The molecule has 0 radical (unpaired) electrons. The van der Waals surface area contributed by atoms with Gasteiger partial charge in [0.05, 0.1) is 13.1 Å². The van der Waals surface area contributed by atoms with Crippen molar-refractivity contribution in [1.29, 1.82) is 0 Å². The summed E-state index contributed by atoms with van der Waals surface area (Å²) in [5, 5.41) is 6.53. The van der Waals surface area contributed by atoms with Gasteiger partial charge in [0.1, 0.15) is 12.4 Å². The molecule has 0 aliphatic heterocycles. The van der Waals surface area contributed by atoms with Crippen LogP contribution >= 0.6 is 24.0 Å². The van der Waals surface area contributed by atoms with Crippen LogP contribution in [0.5, 0.6) is 5.75 Å². The van der Waals surface area contributed by atoms with Gasteiger partial charge in [-0.05, 0) is 29.3 Å². The molecule has 0 aliphatic rings. The lowest BCUT2D eigenvalue weighted by Crippen LogP contribution is -2.38. The Morgan fingerprint density at radius 3 is 2.33 bits per heavy atom. The zero-order chi connectivity index (χ0) is 20.3. The van der Waals surface area contributed by atoms with Gasteiger partial charge >= 0.3 is 0 Å². The second kappa shape index (κ2) is 12.7. The fourth-order valence-corrected chi connectivity index (χ4v) is 2.81. The molecule has 0 atom stereocenters. The summed E-state index contributed by atoms with van der Waals surface area (Å²) in [5.41, 5.74) is 2.23. The molecular formula is C23H27IN4O2. The number of ether oxygens (including phenoxy) is 1. The van der Waals surface area contributed by atoms with Gasteiger partial charge in [-0.3, -0.25) is 9.79 Å². The number of nitrogens with zero attached hydrogens (tertiary/aromatic N) is 2. The van der Waals surface area contributed by atoms with E-state index in [1.54, 1.807) is 29.9 Å². The summed E-state index contributed by atoms with van der Waals surface area (Å²) in [5.74, 6) is 1.58. The van der Waals surface area contributed by atoms with Crippen LogP contribution < -0.4 is 20.9 Å². The van der Waals surface area contributed by atoms with Crippen molar-refractivity contribution in [3.05, 3.63) is 100 Å². The molecule has 0 aliphatic carbocycles. The molecule has 0 spiro atoms. The Labute approximate surface area is 194 Å². The van der Waals surface area contributed by atoms with E-state index in [4.69, 9.17) is 4.74 Å². The van der Waals surface area contributed by atoms with Crippen molar-refractivity contribution in [3.63, 3.8) is 0 Å². The molecule has 3 rings (SSSR count). The van der Waals surface area contributed by atoms with E-state index in [-0.39, 0.29) is 29.5 Å². The van der Waals surface area contributed by atoms with Gasteiger partial charge in [0.2, 0.25) is 0 Å². The predicted octanol–water partition coefficient (Wildman–Crippen LogP) is 3.26. The lowest BCUT2D eigenvalue weighted by Gasteiger charge is -2.13. The summed E-state index contributed by atoms with van der Waals surface area (Å²) in [6.45, 7) is 2.43. The van der Waals surface area contributed by atoms with Crippen LogP contribution in [0.3, 0.4) is 0 Å². The molecule has 0 unspecified atom stereocenters. The molecule has 2 aromatic carbocycles. The van der Waals surface area contributed by atoms with E-state index in [9.17, 15) is 4.79 Å². The Balaban J connectivity index is 0.00000320. The minimum Gasteiger partial charge on any atom is -0.492 e. The number of aromatic nitrogens is 1. The molecule has 30 heavy (non-hydrogen) atoms. The van der Waals surface area contributed by atoms with Gasteiger partial charge in [-0.1, -0.05) is 48.5 Å². The molecule has 3 aromatic rings. The highest BCUT2D eigenvalue weighted by molar-refractivity contribution is 14.0. The van der Waals surface area contributed by atoms with E-state index in [0.717, 1.165) is 22.8 Å². The summed E-state index contributed by atoms with van der Waals surface area (Å²) in [6, 6.07) is 23.1. The van der Waals surface area contributed by atoms with Crippen LogP contribution in [-0.2, 0) is 13.1 Å². The van der Waals surface area contributed by atoms with Crippen molar-refractivity contribution in [3.8, 4) is 5.75 Å². The molecule has 158 valence electrons. The number of hydrogen-bond acceptors (Lipinski definition) is 3. The maximum absolute atomic E-state index is 11.8. The summed E-state index contributed by atoms with van der Waals surface area (Å²) in [7, 11) is 1.74. The number of rotatable bonds is 8. The Kier molecular flexibility index (Phi) is 9.93. The highest BCUT2D eigenvalue weighted by Gasteiger charge is 2.01. The number of guanidine groups is 1. The molecule has 0 saturated heterocycles. The van der Waals surface area contributed by atoms with Gasteiger partial charge in [-0.25, -0.2) is 0 Å². The fourth-order valence-electron chi connectivity index (χ4n) is 2.81. The van der Waals surface area contributed by atoms with Crippen molar-refractivity contribution in [1.82, 2.24) is 15.2 Å². The normalized spacial score (nSPS) is 10.8. The van der Waals surface area contributed by atoms with Crippen molar-refractivity contribution in [2.75, 3.05) is 20.2 Å². The lowest BCUT2D eigenvalue weighted by atomic mass is 10.1. The highest BCUT2D eigenvalue weighted by Crippen LogP contribution is 2.07. The Bertz CT molecular complexity index is 972. The first-order chi connectivity index (χ1) is 14.2. The number of benzene rings is 2. The summed E-state index contributed by atoms with van der Waals surface area (Å²) >= 11 is 0. The van der Waals surface area contributed by atoms with Crippen LogP contribution in [0, 0.1) is 0 Å². The van der Waals surface area contributed by atoms with Gasteiger partial charge in [0.25, 0.3) is 5.56 Å². The molecule has 0 saturated carbocycles. The molecule has 7 heteroatoms. The molecule has 1 heterocycles. The summed E-state index contributed by atoms with van der Waals surface area (Å²) in [6.07, 6.45) is 1.80. The number of halogens is 1. The van der Waals surface area contributed by atoms with Crippen molar-refractivity contribution in [2.45, 2.75) is 13.1 Å². The number of hydrogen-bond donors (Lipinski definition) is 2. The monoisotopic (exact) mass is 518 g/mol. The molecule has 2 N–H and O–H groups in total. The third-order valence-corrected chi connectivity index (χ3v) is 4.36. The average Bonchev–Trinajstić information content (AvgIpc) is 2.76. The standard InChI is InChI=1S/C23H26N4O2.HI/c1-24-23(25-14-16-29-21-7-3-2-4-8-21)26-17-19-10-12-20(13-11-19)18-27-15-6-5-9-22(27)28;/h2-13,15H,14,16-18H2,1H3,(H2,24,25,26);1H. The minimum absolute atomic E-state index is 0. The highest BCUT2D eigenvalue weighted by atomic mass is 127. The zero-order valence-corrected chi connectivity index (χ0v) is 19.3. The first-order valence-corrected chi connectivity index (χ1v) is 9.60. The smallest absolute Gasteiger partial charge is 0.250 e. The molecule has 0 fully saturated rings. The first-order valence-electron chi connectivity index (χ1n) is 9.60. The van der Waals surface area contributed by atoms with E-state index < -0.39 is 0 Å². The van der Waals surface area contributed by atoms with Crippen LogP contribution in [0.2, 0.25) is 0 Å². The number of pyridine rings is 1. The minimum atomic E-state index is 0. The lowest BCUT2D eigenvalue weighted by molar-refractivity contribution is 0.322. The molecular weight excluding hydrogens is 491 g/mol. The number of aliphatic imine (C=N–C) groups is 1. The van der Waals surface area contributed by atoms with Gasteiger partial charge in [-0.15, -0.1) is 24.0 Å². The maximum atomic E-state index is 11.8. The topological polar surface area (TPSA) is 67.7 Å². The molecule has 6 nitrogen and oxygen atoms in total. The van der Waals surface area contributed by atoms with Crippen LogP contribution in [0.25, 0.3) is 0 Å². The van der Waals surface area contributed by atoms with Crippen LogP contribution in [-0.4, -0.2) is 30.7 Å². The first kappa shape index (κ1) is 23.5. The number of para-hydroxylation sites is 1. The van der Waals surface area contributed by atoms with Crippen molar-refractivity contribution < 1.29 is 4.74 Å². The largest absolute Gasteiger partial charge is 0.492 e. The second-order valence-electron chi connectivity index (χ2n) is 6.50. The molecule has 0 bridgehead atoms. The van der Waals surface area contributed by atoms with E-state index in [1.807, 2.05) is 48.5 Å². The maximum Gasteiger partial charge on any atom is 0.250 e. The molecule has 0 amide bonds. The van der Waals surface area contributed by atoms with Crippen LogP contribution in [0.1, 0.15) is 11.1 Å². The van der Waals surface area contributed by atoms with Crippen molar-refractivity contribution >= 4 is 29.9 Å². The van der Waals surface area contributed by atoms with Crippen LogP contribution in [0.15, 0.2) is 88.8 Å². The quantitative estimate of drug-likeness (QED) is 0.208. The Morgan fingerprint density at radius 2 is 1.63 bits per heavy atom. The SMILES string of the molecule is CN=C(NCCOc1ccccc1)NCc1ccc(Cn2ccccc2=O)cc1.I. The predicted molar refractivity (Wildman–Crippen MR) is 132 cm³/mol. The average molecular weight is 518 g/mol.